The summed E-state index contributed by atoms with van der Waals surface area (Å²) in [5.74, 6) is -0.213. The zero-order chi connectivity index (χ0) is 15.6. The lowest BCUT2D eigenvalue weighted by Gasteiger charge is -2.11. The lowest BCUT2D eigenvalue weighted by atomic mass is 10.3. The van der Waals surface area contributed by atoms with Gasteiger partial charge in [0.05, 0.1) is 23.4 Å². The Kier molecular flexibility index (Phi) is 4.38. The summed E-state index contributed by atoms with van der Waals surface area (Å²) >= 11 is 3.10. The van der Waals surface area contributed by atoms with E-state index in [2.05, 4.69) is 20.7 Å². The average Bonchev–Trinajstić information content (AvgIpc) is 2.42. The van der Waals surface area contributed by atoms with Crippen LogP contribution in [0.3, 0.4) is 0 Å². The van der Waals surface area contributed by atoms with Gasteiger partial charge in [-0.3, -0.25) is 4.72 Å². The van der Waals surface area contributed by atoms with E-state index in [9.17, 15) is 12.8 Å². The normalized spacial score (nSPS) is 11.2. The number of nitrogens with two attached hydrogens (primary N) is 1. The number of hydrogen-bond acceptors (Lipinski definition) is 4. The van der Waals surface area contributed by atoms with Gasteiger partial charge in [-0.15, -0.1) is 0 Å². The fraction of sp³-hybridized carbons (Fsp3) is 0.0769. The largest absolute Gasteiger partial charge is 0.495 e. The maximum absolute atomic E-state index is 13.0. The summed E-state index contributed by atoms with van der Waals surface area (Å²) in [4.78, 5) is -0.00947. The molecule has 21 heavy (non-hydrogen) atoms. The molecule has 0 spiro atoms. The van der Waals surface area contributed by atoms with Crippen LogP contribution in [0.5, 0.6) is 5.75 Å². The van der Waals surface area contributed by atoms with E-state index in [0.717, 1.165) is 6.07 Å². The first-order chi connectivity index (χ1) is 9.83. The molecule has 0 unspecified atom stereocenters. The van der Waals surface area contributed by atoms with Crippen LogP contribution >= 0.6 is 15.9 Å². The van der Waals surface area contributed by atoms with E-state index in [0.29, 0.717) is 10.2 Å². The highest BCUT2D eigenvalue weighted by atomic mass is 79.9. The second-order valence-electron chi connectivity index (χ2n) is 4.13. The van der Waals surface area contributed by atoms with Gasteiger partial charge < -0.3 is 10.5 Å². The zero-order valence-corrected chi connectivity index (χ0v) is 13.3. The third-order valence-electron chi connectivity index (χ3n) is 2.69. The summed E-state index contributed by atoms with van der Waals surface area (Å²) in [5.41, 5.74) is 6.21. The van der Waals surface area contributed by atoms with Gasteiger partial charge in [-0.1, -0.05) is 0 Å². The van der Waals surface area contributed by atoms with Crippen molar-refractivity contribution < 1.29 is 17.5 Å². The lowest BCUT2D eigenvalue weighted by Crippen LogP contribution is -2.13. The molecule has 2 aromatic rings. The number of methoxy groups -OCH3 is 1. The third kappa shape index (κ3) is 3.45. The molecule has 0 atom stereocenters. The smallest absolute Gasteiger partial charge is 0.262 e. The van der Waals surface area contributed by atoms with E-state index >= 15 is 0 Å². The van der Waals surface area contributed by atoms with Crippen LogP contribution in [-0.2, 0) is 10.0 Å². The molecule has 0 heterocycles. The summed E-state index contributed by atoms with van der Waals surface area (Å²) in [5, 5.41) is 0. The van der Waals surface area contributed by atoms with Gasteiger partial charge in [0, 0.05) is 10.5 Å². The SMILES string of the molecule is COc1cc(S(=O)(=O)Nc2ccc(F)cc2Br)ccc1N. The average molecular weight is 375 g/mol. The molecule has 2 rings (SSSR count). The Labute approximate surface area is 130 Å². The molecule has 0 amide bonds. The fourth-order valence-electron chi connectivity index (χ4n) is 1.63. The molecule has 0 aliphatic heterocycles. The van der Waals surface area contributed by atoms with Gasteiger partial charge in [0.15, 0.2) is 0 Å². The maximum Gasteiger partial charge on any atom is 0.262 e. The Morgan fingerprint density at radius 3 is 2.57 bits per heavy atom. The molecule has 5 nitrogen and oxygen atoms in total. The van der Waals surface area contributed by atoms with E-state index in [1.54, 1.807) is 0 Å². The number of nitrogen functional groups attached to an aromatic ring is 1. The Bertz CT molecular complexity index is 781. The van der Waals surface area contributed by atoms with Gasteiger partial charge in [0.1, 0.15) is 11.6 Å². The van der Waals surface area contributed by atoms with E-state index in [1.165, 1.54) is 37.4 Å². The topological polar surface area (TPSA) is 81.4 Å². The van der Waals surface area contributed by atoms with Crippen LogP contribution in [0.4, 0.5) is 15.8 Å². The standard InChI is InChI=1S/C13H12BrFN2O3S/c1-20-13-7-9(3-4-11(13)16)21(18,19)17-12-5-2-8(15)6-10(12)14/h2-7,17H,16H2,1H3. The molecule has 8 heteroatoms. The van der Waals surface area contributed by atoms with Crippen molar-refractivity contribution in [2.24, 2.45) is 0 Å². The molecule has 0 bridgehead atoms. The molecule has 0 radical (unpaired) electrons. The summed E-state index contributed by atoms with van der Waals surface area (Å²) < 4.78 is 45.3. The van der Waals surface area contributed by atoms with Crippen LogP contribution < -0.4 is 15.2 Å². The van der Waals surface area contributed by atoms with Gasteiger partial charge in [0.2, 0.25) is 0 Å². The Morgan fingerprint density at radius 2 is 1.95 bits per heavy atom. The number of halogens is 2. The molecule has 0 aliphatic rings. The predicted octanol–water partition coefficient (Wildman–Crippen LogP) is 2.98. The first-order valence-corrected chi connectivity index (χ1v) is 8.02. The molecule has 0 saturated carbocycles. The highest BCUT2D eigenvalue weighted by molar-refractivity contribution is 9.10. The minimum Gasteiger partial charge on any atom is -0.495 e. The Hall–Kier alpha value is -1.80. The van der Waals surface area contributed by atoms with Crippen LogP contribution in [0.1, 0.15) is 0 Å². The minimum atomic E-state index is -3.84. The molecular weight excluding hydrogens is 363 g/mol. The molecule has 112 valence electrons. The number of ether oxygens (including phenoxy) is 1. The van der Waals surface area contributed by atoms with Gasteiger partial charge >= 0.3 is 0 Å². The quantitative estimate of drug-likeness (QED) is 0.806. The van der Waals surface area contributed by atoms with Crippen molar-refractivity contribution in [1.29, 1.82) is 0 Å². The molecule has 0 saturated heterocycles. The number of sulfonamides is 1. The number of nitrogens with one attached hydrogen (secondary N) is 1. The molecule has 0 aromatic heterocycles. The molecule has 0 fully saturated rings. The minimum absolute atomic E-state index is 0.00947. The molecule has 3 N–H and O–H groups in total. The van der Waals surface area contributed by atoms with Crippen molar-refractivity contribution >= 4 is 37.3 Å². The highest BCUT2D eigenvalue weighted by Crippen LogP contribution is 2.28. The lowest BCUT2D eigenvalue weighted by molar-refractivity contribution is 0.415. The van der Waals surface area contributed by atoms with Crippen molar-refractivity contribution in [1.82, 2.24) is 0 Å². The van der Waals surface area contributed by atoms with Crippen LogP contribution in [0.2, 0.25) is 0 Å². The summed E-state index contributed by atoms with van der Waals surface area (Å²) in [6.07, 6.45) is 0. The summed E-state index contributed by atoms with van der Waals surface area (Å²) in [6, 6.07) is 7.76. The maximum atomic E-state index is 13.0. The third-order valence-corrected chi connectivity index (χ3v) is 4.71. The first-order valence-electron chi connectivity index (χ1n) is 5.75. The zero-order valence-electron chi connectivity index (χ0n) is 10.9. The van der Waals surface area contributed by atoms with Crippen LogP contribution in [-0.4, -0.2) is 15.5 Å². The number of benzene rings is 2. The van der Waals surface area contributed by atoms with Crippen LogP contribution in [0, 0.1) is 5.82 Å². The van der Waals surface area contributed by atoms with E-state index in [4.69, 9.17) is 10.5 Å². The second kappa shape index (κ2) is 5.90. The van der Waals surface area contributed by atoms with E-state index in [-0.39, 0.29) is 16.3 Å². The fourth-order valence-corrected chi connectivity index (χ4v) is 3.31. The number of anilines is 2. The Balaban J connectivity index is 2.38. The highest BCUT2D eigenvalue weighted by Gasteiger charge is 2.17. The van der Waals surface area contributed by atoms with Gasteiger partial charge in [-0.25, -0.2) is 12.8 Å². The van der Waals surface area contributed by atoms with Crippen molar-refractivity contribution in [3.05, 3.63) is 46.7 Å². The number of rotatable bonds is 4. The van der Waals surface area contributed by atoms with Crippen LogP contribution in [0.25, 0.3) is 0 Å². The first kappa shape index (κ1) is 15.6. The van der Waals surface area contributed by atoms with Gasteiger partial charge in [0.25, 0.3) is 10.0 Å². The van der Waals surface area contributed by atoms with Crippen molar-refractivity contribution in [3.63, 3.8) is 0 Å². The van der Waals surface area contributed by atoms with Crippen molar-refractivity contribution in [2.75, 3.05) is 17.6 Å². The van der Waals surface area contributed by atoms with E-state index in [1.807, 2.05) is 0 Å². The monoisotopic (exact) mass is 374 g/mol. The van der Waals surface area contributed by atoms with Gasteiger partial charge in [-0.05, 0) is 46.3 Å². The van der Waals surface area contributed by atoms with Gasteiger partial charge in [-0.2, -0.15) is 0 Å². The summed E-state index contributed by atoms with van der Waals surface area (Å²) in [6.45, 7) is 0. The van der Waals surface area contributed by atoms with E-state index < -0.39 is 15.8 Å². The predicted molar refractivity (Wildman–Crippen MR) is 82.3 cm³/mol. The molecular formula is C13H12BrFN2O3S. The Morgan fingerprint density at radius 1 is 1.24 bits per heavy atom. The molecule has 2 aromatic carbocycles. The van der Waals surface area contributed by atoms with Crippen LogP contribution in [0.15, 0.2) is 45.8 Å². The molecule has 0 aliphatic carbocycles. The van der Waals surface area contributed by atoms with Crippen molar-refractivity contribution in [3.8, 4) is 5.75 Å². The number of hydrogen-bond donors (Lipinski definition) is 2. The summed E-state index contributed by atoms with van der Waals surface area (Å²) in [7, 11) is -2.44. The van der Waals surface area contributed by atoms with Crippen molar-refractivity contribution in [2.45, 2.75) is 4.90 Å². The second-order valence-corrected chi connectivity index (χ2v) is 6.67.